The molecule has 0 saturated carbocycles. The lowest BCUT2D eigenvalue weighted by Crippen LogP contribution is -2.47. The van der Waals surface area contributed by atoms with Crippen molar-refractivity contribution in [2.75, 3.05) is 0 Å². The number of hydrogen-bond acceptors (Lipinski definition) is 3. The van der Waals surface area contributed by atoms with Crippen molar-refractivity contribution >= 4 is 27.5 Å². The van der Waals surface area contributed by atoms with Gasteiger partial charge in [-0.1, -0.05) is 71.8 Å². The molecular formula is C23H23ClN2O3S. The fourth-order valence-corrected chi connectivity index (χ4v) is 4.25. The molecule has 3 rings (SSSR count). The van der Waals surface area contributed by atoms with Crippen LogP contribution in [-0.2, 0) is 27.8 Å². The fourth-order valence-electron chi connectivity index (χ4n) is 2.93. The first kappa shape index (κ1) is 22.0. The molecule has 0 aliphatic carbocycles. The average Bonchev–Trinajstić information content (AvgIpc) is 2.73. The van der Waals surface area contributed by atoms with Crippen LogP contribution in [0.15, 0.2) is 83.8 Å². The summed E-state index contributed by atoms with van der Waals surface area (Å²) in [5.74, 6) is -0.392. The van der Waals surface area contributed by atoms with Gasteiger partial charge in [0, 0.05) is 11.6 Å². The number of sulfonamides is 1. The van der Waals surface area contributed by atoms with Crippen molar-refractivity contribution < 1.29 is 13.2 Å². The lowest BCUT2D eigenvalue weighted by Gasteiger charge is -2.19. The van der Waals surface area contributed by atoms with Gasteiger partial charge in [0.2, 0.25) is 15.9 Å². The van der Waals surface area contributed by atoms with Crippen molar-refractivity contribution in [3.8, 4) is 0 Å². The minimum absolute atomic E-state index is 0.0521. The average molecular weight is 443 g/mol. The first-order chi connectivity index (χ1) is 14.3. The molecule has 3 aromatic rings. The molecule has 0 spiro atoms. The highest BCUT2D eigenvalue weighted by Gasteiger charge is 2.26. The van der Waals surface area contributed by atoms with Gasteiger partial charge in [0.1, 0.15) is 6.04 Å². The summed E-state index contributed by atoms with van der Waals surface area (Å²) in [6, 6.07) is 21.9. The van der Waals surface area contributed by atoms with Gasteiger partial charge in [-0.15, -0.1) is 0 Å². The maximum atomic E-state index is 12.9. The molecule has 0 heterocycles. The molecule has 0 saturated heterocycles. The van der Waals surface area contributed by atoms with E-state index in [2.05, 4.69) is 10.0 Å². The number of nitrogens with one attached hydrogen (secondary N) is 2. The summed E-state index contributed by atoms with van der Waals surface area (Å²) in [5, 5.41) is 3.27. The van der Waals surface area contributed by atoms with E-state index in [0.29, 0.717) is 11.6 Å². The summed E-state index contributed by atoms with van der Waals surface area (Å²) in [6.45, 7) is 2.30. The predicted octanol–water partition coefficient (Wildman–Crippen LogP) is 3.85. The first-order valence-electron chi connectivity index (χ1n) is 9.48. The summed E-state index contributed by atoms with van der Waals surface area (Å²) in [5.41, 5.74) is 2.92. The number of aryl methyl sites for hydroxylation is 1. The van der Waals surface area contributed by atoms with Crippen molar-refractivity contribution in [3.05, 3.63) is 101 Å². The van der Waals surface area contributed by atoms with Crippen LogP contribution >= 0.6 is 11.6 Å². The van der Waals surface area contributed by atoms with Gasteiger partial charge < -0.3 is 5.32 Å². The normalized spacial score (nSPS) is 12.3. The zero-order chi connectivity index (χ0) is 21.6. The zero-order valence-corrected chi connectivity index (χ0v) is 18.1. The zero-order valence-electron chi connectivity index (χ0n) is 16.5. The Hall–Kier alpha value is -2.67. The maximum Gasteiger partial charge on any atom is 0.241 e. The number of carbonyl (C=O) groups excluding carboxylic acids is 1. The minimum Gasteiger partial charge on any atom is -0.351 e. The molecule has 5 nitrogen and oxygen atoms in total. The minimum atomic E-state index is -3.90. The van der Waals surface area contributed by atoms with E-state index < -0.39 is 22.0 Å². The molecule has 0 fully saturated rings. The van der Waals surface area contributed by atoms with Crippen LogP contribution in [0.5, 0.6) is 0 Å². The number of benzene rings is 3. The largest absolute Gasteiger partial charge is 0.351 e. The Bertz CT molecular complexity index is 1080. The second-order valence-corrected chi connectivity index (χ2v) is 9.17. The van der Waals surface area contributed by atoms with Crippen LogP contribution in [0.2, 0.25) is 5.02 Å². The Kier molecular flexibility index (Phi) is 7.26. The molecule has 3 aromatic carbocycles. The van der Waals surface area contributed by atoms with Crippen LogP contribution in [0.3, 0.4) is 0 Å². The lowest BCUT2D eigenvalue weighted by molar-refractivity contribution is -0.122. The maximum absolute atomic E-state index is 12.9. The Morgan fingerprint density at radius 3 is 2.17 bits per heavy atom. The highest BCUT2D eigenvalue weighted by molar-refractivity contribution is 7.89. The number of amides is 1. The van der Waals surface area contributed by atoms with Crippen LogP contribution in [0, 0.1) is 6.92 Å². The van der Waals surface area contributed by atoms with E-state index in [9.17, 15) is 13.2 Å². The second kappa shape index (κ2) is 9.89. The molecule has 7 heteroatoms. The third kappa shape index (κ3) is 6.16. The van der Waals surface area contributed by atoms with Crippen LogP contribution in [-0.4, -0.2) is 20.4 Å². The SMILES string of the molecule is Cc1ccc(CNC(=O)[C@H](Cc2ccccc2)NS(=O)(=O)c2ccc(Cl)cc2)cc1. The van der Waals surface area contributed by atoms with Gasteiger partial charge in [0.05, 0.1) is 4.90 Å². The summed E-state index contributed by atoms with van der Waals surface area (Å²) in [7, 11) is -3.90. The van der Waals surface area contributed by atoms with Crippen LogP contribution in [0.4, 0.5) is 0 Å². The highest BCUT2D eigenvalue weighted by atomic mass is 35.5. The van der Waals surface area contributed by atoms with Gasteiger partial charge in [-0.25, -0.2) is 8.42 Å². The summed E-state index contributed by atoms with van der Waals surface area (Å²) in [4.78, 5) is 12.9. The summed E-state index contributed by atoms with van der Waals surface area (Å²) in [6.07, 6.45) is 0.230. The highest BCUT2D eigenvalue weighted by Crippen LogP contribution is 2.15. The molecule has 0 aromatic heterocycles. The number of halogens is 1. The van der Waals surface area contributed by atoms with Crippen molar-refractivity contribution in [1.82, 2.24) is 10.0 Å². The molecule has 0 aliphatic heterocycles. The smallest absolute Gasteiger partial charge is 0.241 e. The molecule has 0 aliphatic rings. The number of rotatable bonds is 8. The Morgan fingerprint density at radius 1 is 0.900 bits per heavy atom. The molecule has 2 N–H and O–H groups in total. The van der Waals surface area contributed by atoms with E-state index >= 15 is 0 Å². The van der Waals surface area contributed by atoms with Crippen LogP contribution in [0.25, 0.3) is 0 Å². The van der Waals surface area contributed by atoms with E-state index in [0.717, 1.165) is 16.7 Å². The molecule has 156 valence electrons. The van der Waals surface area contributed by atoms with Gasteiger partial charge in [-0.2, -0.15) is 4.72 Å². The topological polar surface area (TPSA) is 75.3 Å². The molecular weight excluding hydrogens is 420 g/mol. The van der Waals surface area contributed by atoms with Crippen molar-refractivity contribution in [3.63, 3.8) is 0 Å². The lowest BCUT2D eigenvalue weighted by atomic mass is 10.1. The van der Waals surface area contributed by atoms with Gasteiger partial charge in [0.25, 0.3) is 0 Å². The number of hydrogen-bond donors (Lipinski definition) is 2. The van der Waals surface area contributed by atoms with Crippen molar-refractivity contribution in [1.29, 1.82) is 0 Å². The quantitative estimate of drug-likeness (QED) is 0.556. The van der Waals surface area contributed by atoms with E-state index in [4.69, 9.17) is 11.6 Å². The van der Waals surface area contributed by atoms with Gasteiger partial charge in [0.15, 0.2) is 0 Å². The third-order valence-electron chi connectivity index (χ3n) is 4.61. The van der Waals surface area contributed by atoms with Gasteiger partial charge in [-0.3, -0.25) is 4.79 Å². The third-order valence-corrected chi connectivity index (χ3v) is 6.35. The molecule has 0 unspecified atom stereocenters. The van der Waals surface area contributed by atoms with E-state index in [1.54, 1.807) is 0 Å². The van der Waals surface area contributed by atoms with Gasteiger partial charge in [-0.05, 0) is 48.7 Å². The molecule has 1 amide bonds. The number of carbonyl (C=O) groups is 1. The molecule has 0 bridgehead atoms. The Morgan fingerprint density at radius 2 is 1.53 bits per heavy atom. The standard InChI is InChI=1S/C23H23ClN2O3S/c1-17-7-9-19(10-8-17)16-25-23(27)22(15-18-5-3-2-4-6-18)26-30(28,29)21-13-11-20(24)12-14-21/h2-14,22,26H,15-16H2,1H3,(H,25,27)/t22-/m0/s1. The van der Waals surface area contributed by atoms with Crippen molar-refractivity contribution in [2.24, 2.45) is 0 Å². The first-order valence-corrected chi connectivity index (χ1v) is 11.3. The van der Waals surface area contributed by atoms with Crippen LogP contribution in [0.1, 0.15) is 16.7 Å². The van der Waals surface area contributed by atoms with Crippen LogP contribution < -0.4 is 10.0 Å². The van der Waals surface area contributed by atoms with E-state index in [1.165, 1.54) is 24.3 Å². The van der Waals surface area contributed by atoms with Gasteiger partial charge >= 0.3 is 0 Å². The second-order valence-electron chi connectivity index (χ2n) is 7.02. The Labute approximate surface area is 182 Å². The van der Waals surface area contributed by atoms with Crippen molar-refractivity contribution in [2.45, 2.75) is 30.8 Å². The van der Waals surface area contributed by atoms with E-state index in [-0.39, 0.29) is 11.3 Å². The summed E-state index contributed by atoms with van der Waals surface area (Å²) < 4.78 is 28.2. The molecule has 1 atom stereocenters. The molecule has 0 radical (unpaired) electrons. The molecule has 30 heavy (non-hydrogen) atoms. The predicted molar refractivity (Wildman–Crippen MR) is 119 cm³/mol. The fraction of sp³-hybridized carbons (Fsp3) is 0.174. The monoisotopic (exact) mass is 442 g/mol. The van der Waals surface area contributed by atoms with E-state index in [1.807, 2.05) is 61.5 Å². The Balaban J connectivity index is 1.77. The summed E-state index contributed by atoms with van der Waals surface area (Å²) >= 11 is 5.86.